The van der Waals surface area contributed by atoms with E-state index in [9.17, 15) is 8.42 Å². The summed E-state index contributed by atoms with van der Waals surface area (Å²) in [6.07, 6.45) is 1.54. The Morgan fingerprint density at radius 2 is 1.64 bits per heavy atom. The minimum absolute atomic E-state index is 0.119. The first kappa shape index (κ1) is 20.3. The molecule has 0 amide bonds. The molecule has 1 unspecified atom stereocenters. The normalized spacial score (nSPS) is 13.0. The molecule has 0 aliphatic carbocycles. The summed E-state index contributed by atoms with van der Waals surface area (Å²) in [6.45, 7) is 6.12. The predicted octanol–water partition coefficient (Wildman–Crippen LogP) is 3.75. The summed E-state index contributed by atoms with van der Waals surface area (Å²) in [5.41, 5.74) is 9.73. The Morgan fingerprint density at radius 1 is 1.04 bits per heavy atom. The largest absolute Gasteiger partial charge is 0.449 e. The number of rotatable bonds is 7. The summed E-state index contributed by atoms with van der Waals surface area (Å²) < 4.78 is 32.9. The van der Waals surface area contributed by atoms with Crippen LogP contribution in [-0.2, 0) is 10.0 Å². The third kappa shape index (κ3) is 4.67. The van der Waals surface area contributed by atoms with Gasteiger partial charge in [0.1, 0.15) is 12.0 Å². The van der Waals surface area contributed by atoms with Gasteiger partial charge in [-0.05, 0) is 29.2 Å². The second kappa shape index (κ2) is 8.26. The first-order valence-electron chi connectivity index (χ1n) is 9.14. The van der Waals surface area contributed by atoms with E-state index in [0.717, 1.165) is 11.1 Å². The molecule has 0 aliphatic heterocycles. The van der Waals surface area contributed by atoms with Crippen molar-refractivity contribution in [1.29, 1.82) is 0 Å². The minimum atomic E-state index is -3.65. The molecule has 0 radical (unpaired) electrons. The molecule has 6 nitrogen and oxygen atoms in total. The highest BCUT2D eigenvalue weighted by Crippen LogP contribution is 2.21. The monoisotopic (exact) mass is 399 g/mol. The van der Waals surface area contributed by atoms with Crippen LogP contribution in [0.15, 0.2) is 64.1 Å². The summed E-state index contributed by atoms with van der Waals surface area (Å²) in [4.78, 5) is 4.41. The van der Waals surface area contributed by atoms with Crippen LogP contribution >= 0.6 is 0 Å². The molecule has 0 aliphatic rings. The molecule has 2 aromatic carbocycles. The van der Waals surface area contributed by atoms with Gasteiger partial charge in [0.25, 0.3) is 0 Å². The average molecular weight is 400 g/mol. The lowest BCUT2D eigenvalue weighted by molar-refractivity contribution is 0.521. The van der Waals surface area contributed by atoms with Gasteiger partial charge < -0.3 is 10.2 Å². The molecule has 3 aromatic rings. The van der Waals surface area contributed by atoms with Crippen molar-refractivity contribution in [3.63, 3.8) is 0 Å². The second-order valence-electron chi connectivity index (χ2n) is 7.06. The van der Waals surface area contributed by atoms with Crippen molar-refractivity contribution < 1.29 is 12.8 Å². The number of nitrogens with one attached hydrogen (secondary N) is 1. The highest BCUT2D eigenvalue weighted by atomic mass is 32.2. The van der Waals surface area contributed by atoms with Crippen molar-refractivity contribution in [3.05, 3.63) is 71.8 Å². The van der Waals surface area contributed by atoms with Gasteiger partial charge in [0, 0.05) is 25.1 Å². The molecule has 0 fully saturated rings. The molecular weight excluding hydrogens is 374 g/mol. The number of aromatic nitrogens is 1. The molecule has 1 heterocycles. The van der Waals surface area contributed by atoms with Gasteiger partial charge in [-0.15, -0.1) is 0 Å². The van der Waals surface area contributed by atoms with E-state index in [1.807, 2.05) is 24.3 Å². The van der Waals surface area contributed by atoms with Crippen LogP contribution in [0, 0.1) is 6.92 Å². The molecule has 1 atom stereocenters. The standard InChI is InChI=1S/C21H25N3O3S/c1-14(2)16-4-6-17(7-5-16)20(22)12-23-28(25,26)19-10-8-18(9-11-19)21-13-27-15(3)24-21/h4-11,13-14,20,23H,12,22H2,1-3H3. The lowest BCUT2D eigenvalue weighted by atomic mass is 9.99. The Bertz CT molecular complexity index is 1020. The Hall–Kier alpha value is -2.48. The zero-order valence-corrected chi connectivity index (χ0v) is 17.0. The van der Waals surface area contributed by atoms with Gasteiger partial charge in [-0.1, -0.05) is 50.2 Å². The van der Waals surface area contributed by atoms with E-state index in [2.05, 4.69) is 23.6 Å². The molecular formula is C21H25N3O3S. The van der Waals surface area contributed by atoms with Gasteiger partial charge in [0.2, 0.25) is 10.0 Å². The van der Waals surface area contributed by atoms with E-state index >= 15 is 0 Å². The first-order valence-corrected chi connectivity index (χ1v) is 10.6. The third-order valence-electron chi connectivity index (χ3n) is 4.60. The Kier molecular flexibility index (Phi) is 5.98. The van der Waals surface area contributed by atoms with Gasteiger partial charge in [-0.3, -0.25) is 0 Å². The Labute approximate surface area is 165 Å². The summed E-state index contributed by atoms with van der Waals surface area (Å²) in [7, 11) is -3.65. The zero-order valence-electron chi connectivity index (χ0n) is 16.2. The molecule has 28 heavy (non-hydrogen) atoms. The Morgan fingerprint density at radius 3 is 2.18 bits per heavy atom. The molecule has 0 bridgehead atoms. The maximum Gasteiger partial charge on any atom is 0.240 e. The van der Waals surface area contributed by atoms with Crippen LogP contribution in [0.1, 0.15) is 42.8 Å². The average Bonchev–Trinajstić information content (AvgIpc) is 3.12. The lowest BCUT2D eigenvalue weighted by Crippen LogP contribution is -2.32. The molecule has 148 valence electrons. The fourth-order valence-electron chi connectivity index (χ4n) is 2.83. The van der Waals surface area contributed by atoms with Crippen LogP contribution in [0.2, 0.25) is 0 Å². The Balaban J connectivity index is 1.66. The van der Waals surface area contributed by atoms with E-state index in [1.54, 1.807) is 37.5 Å². The van der Waals surface area contributed by atoms with E-state index in [-0.39, 0.29) is 11.4 Å². The number of hydrogen-bond acceptors (Lipinski definition) is 5. The zero-order chi connectivity index (χ0) is 20.3. The number of sulfonamides is 1. The number of nitrogens with two attached hydrogens (primary N) is 1. The number of nitrogens with zero attached hydrogens (tertiary/aromatic N) is 1. The fourth-order valence-corrected chi connectivity index (χ4v) is 3.89. The number of hydrogen-bond donors (Lipinski definition) is 2. The third-order valence-corrected chi connectivity index (χ3v) is 6.04. The summed E-state index contributed by atoms with van der Waals surface area (Å²) >= 11 is 0. The SMILES string of the molecule is Cc1nc(-c2ccc(S(=O)(=O)NCC(N)c3ccc(C(C)C)cc3)cc2)co1. The van der Waals surface area contributed by atoms with Crippen molar-refractivity contribution in [1.82, 2.24) is 9.71 Å². The maximum atomic E-state index is 12.6. The quantitative estimate of drug-likeness (QED) is 0.630. The predicted molar refractivity (Wildman–Crippen MR) is 109 cm³/mol. The summed E-state index contributed by atoms with van der Waals surface area (Å²) in [5.74, 6) is 0.997. The van der Waals surface area contributed by atoms with Crippen LogP contribution in [0.25, 0.3) is 11.3 Å². The van der Waals surface area contributed by atoms with E-state index in [4.69, 9.17) is 10.2 Å². The highest BCUT2D eigenvalue weighted by Gasteiger charge is 2.17. The topological polar surface area (TPSA) is 98.2 Å². The number of oxazole rings is 1. The smallest absolute Gasteiger partial charge is 0.240 e. The minimum Gasteiger partial charge on any atom is -0.449 e. The lowest BCUT2D eigenvalue weighted by Gasteiger charge is -2.15. The second-order valence-corrected chi connectivity index (χ2v) is 8.82. The van der Waals surface area contributed by atoms with Crippen LogP contribution in [0.5, 0.6) is 0 Å². The van der Waals surface area contributed by atoms with Crippen molar-refractivity contribution in [2.75, 3.05) is 6.54 Å². The van der Waals surface area contributed by atoms with Crippen LogP contribution in [-0.4, -0.2) is 19.9 Å². The summed E-state index contributed by atoms with van der Waals surface area (Å²) in [5, 5.41) is 0. The summed E-state index contributed by atoms with van der Waals surface area (Å²) in [6, 6.07) is 14.0. The first-order chi connectivity index (χ1) is 13.3. The van der Waals surface area contributed by atoms with Gasteiger partial charge in [0.05, 0.1) is 4.90 Å². The van der Waals surface area contributed by atoms with E-state index < -0.39 is 16.1 Å². The van der Waals surface area contributed by atoms with E-state index in [0.29, 0.717) is 17.5 Å². The molecule has 3 N–H and O–H groups in total. The maximum absolute atomic E-state index is 12.6. The van der Waals surface area contributed by atoms with Crippen LogP contribution in [0.4, 0.5) is 0 Å². The molecule has 7 heteroatoms. The van der Waals surface area contributed by atoms with Gasteiger partial charge in [-0.25, -0.2) is 18.1 Å². The van der Waals surface area contributed by atoms with Crippen molar-refractivity contribution >= 4 is 10.0 Å². The van der Waals surface area contributed by atoms with Gasteiger partial charge in [-0.2, -0.15) is 0 Å². The van der Waals surface area contributed by atoms with Crippen molar-refractivity contribution in [2.45, 2.75) is 37.6 Å². The van der Waals surface area contributed by atoms with Crippen LogP contribution < -0.4 is 10.5 Å². The molecule has 0 spiro atoms. The van der Waals surface area contributed by atoms with Crippen molar-refractivity contribution in [3.8, 4) is 11.3 Å². The fraction of sp³-hybridized carbons (Fsp3) is 0.286. The van der Waals surface area contributed by atoms with E-state index in [1.165, 1.54) is 5.56 Å². The highest BCUT2D eigenvalue weighted by molar-refractivity contribution is 7.89. The molecule has 3 rings (SSSR count). The molecule has 0 saturated heterocycles. The molecule has 1 aromatic heterocycles. The number of benzene rings is 2. The van der Waals surface area contributed by atoms with Crippen LogP contribution in [0.3, 0.4) is 0 Å². The van der Waals surface area contributed by atoms with Gasteiger partial charge >= 0.3 is 0 Å². The van der Waals surface area contributed by atoms with Crippen molar-refractivity contribution in [2.24, 2.45) is 5.73 Å². The number of aryl methyl sites for hydroxylation is 1. The van der Waals surface area contributed by atoms with Gasteiger partial charge in [0.15, 0.2) is 5.89 Å². The molecule has 0 saturated carbocycles.